The van der Waals surface area contributed by atoms with Gasteiger partial charge in [0.25, 0.3) is 0 Å². The van der Waals surface area contributed by atoms with Gasteiger partial charge in [-0.25, -0.2) is 4.39 Å². The molecule has 1 amide bonds. The van der Waals surface area contributed by atoms with E-state index in [9.17, 15) is 9.18 Å². The zero-order valence-corrected chi connectivity index (χ0v) is 13.9. The van der Waals surface area contributed by atoms with Gasteiger partial charge in [-0.3, -0.25) is 4.79 Å². The number of aryl methyl sites for hydroxylation is 1. The third-order valence-electron chi connectivity index (χ3n) is 3.84. The number of anilines is 1. The van der Waals surface area contributed by atoms with E-state index in [1.807, 2.05) is 50.3 Å². The maximum Gasteiger partial charge on any atom is 0.222 e. The highest BCUT2D eigenvalue weighted by atomic mass is 19.1. The van der Waals surface area contributed by atoms with Crippen LogP contribution in [-0.4, -0.2) is 32.0 Å². The lowest BCUT2D eigenvalue weighted by molar-refractivity contribution is -0.130. The van der Waals surface area contributed by atoms with E-state index in [0.717, 1.165) is 16.8 Å². The second kappa shape index (κ2) is 7.77. The summed E-state index contributed by atoms with van der Waals surface area (Å²) < 4.78 is 12.9. The summed E-state index contributed by atoms with van der Waals surface area (Å²) >= 11 is 0. The van der Waals surface area contributed by atoms with Gasteiger partial charge in [-0.15, -0.1) is 0 Å². The highest BCUT2D eigenvalue weighted by Crippen LogP contribution is 2.14. The van der Waals surface area contributed by atoms with Gasteiger partial charge in [-0.1, -0.05) is 24.3 Å². The summed E-state index contributed by atoms with van der Waals surface area (Å²) in [6.07, 6.45) is 1.06. The maximum absolute atomic E-state index is 12.9. The molecule has 0 radical (unpaired) electrons. The monoisotopic (exact) mass is 314 g/mol. The van der Waals surface area contributed by atoms with Crippen molar-refractivity contribution in [3.8, 4) is 0 Å². The van der Waals surface area contributed by atoms with Crippen LogP contribution in [0.4, 0.5) is 10.1 Å². The molecular formula is C19H23FN2O. The quantitative estimate of drug-likeness (QED) is 0.815. The minimum Gasteiger partial charge on any atom is -0.378 e. The number of amides is 1. The molecule has 0 aromatic heterocycles. The number of carbonyl (C=O) groups is 1. The second-order valence-corrected chi connectivity index (χ2v) is 5.94. The van der Waals surface area contributed by atoms with E-state index in [1.165, 1.54) is 12.1 Å². The Bertz CT molecular complexity index is 635. The summed E-state index contributed by atoms with van der Waals surface area (Å²) in [5.41, 5.74) is 3.22. The number of nitrogens with zero attached hydrogens (tertiary/aromatic N) is 2. The summed E-state index contributed by atoms with van der Waals surface area (Å²) in [5.74, 6) is -0.163. The molecule has 2 aromatic rings. The fraction of sp³-hybridized carbons (Fsp3) is 0.316. The van der Waals surface area contributed by atoms with Gasteiger partial charge >= 0.3 is 0 Å². The summed E-state index contributed by atoms with van der Waals surface area (Å²) in [7, 11) is 5.81. The first kappa shape index (κ1) is 17.0. The predicted molar refractivity (Wildman–Crippen MR) is 92.0 cm³/mol. The Morgan fingerprint density at radius 2 is 1.48 bits per heavy atom. The molecule has 2 aromatic carbocycles. The van der Waals surface area contributed by atoms with Crippen molar-refractivity contribution in [2.24, 2.45) is 0 Å². The minimum atomic E-state index is -0.252. The number of carbonyl (C=O) groups excluding carboxylic acids is 1. The lowest BCUT2D eigenvalue weighted by atomic mass is 10.1. The van der Waals surface area contributed by atoms with Gasteiger partial charge < -0.3 is 9.80 Å². The van der Waals surface area contributed by atoms with Crippen LogP contribution in [-0.2, 0) is 17.8 Å². The van der Waals surface area contributed by atoms with Crippen molar-refractivity contribution in [2.75, 3.05) is 26.0 Å². The van der Waals surface area contributed by atoms with Crippen molar-refractivity contribution in [1.29, 1.82) is 0 Å². The van der Waals surface area contributed by atoms with E-state index in [0.29, 0.717) is 19.4 Å². The molecule has 0 fully saturated rings. The first-order chi connectivity index (χ1) is 11.0. The molecule has 0 unspecified atom stereocenters. The van der Waals surface area contributed by atoms with Crippen molar-refractivity contribution >= 4 is 11.6 Å². The Balaban J connectivity index is 1.85. The zero-order chi connectivity index (χ0) is 16.8. The molecule has 3 nitrogen and oxygen atoms in total. The van der Waals surface area contributed by atoms with Crippen LogP contribution in [0.25, 0.3) is 0 Å². The Morgan fingerprint density at radius 1 is 0.913 bits per heavy atom. The third-order valence-corrected chi connectivity index (χ3v) is 3.84. The van der Waals surface area contributed by atoms with E-state index in [4.69, 9.17) is 0 Å². The molecule has 0 saturated carbocycles. The van der Waals surface area contributed by atoms with Crippen molar-refractivity contribution in [2.45, 2.75) is 19.4 Å². The molecule has 4 heteroatoms. The molecule has 122 valence electrons. The number of hydrogen-bond donors (Lipinski definition) is 0. The van der Waals surface area contributed by atoms with Gasteiger partial charge in [-0.2, -0.15) is 0 Å². The van der Waals surface area contributed by atoms with Crippen molar-refractivity contribution in [3.63, 3.8) is 0 Å². The highest BCUT2D eigenvalue weighted by Gasteiger charge is 2.10. The van der Waals surface area contributed by atoms with Crippen LogP contribution in [0.1, 0.15) is 17.5 Å². The molecule has 0 bridgehead atoms. The van der Waals surface area contributed by atoms with Crippen molar-refractivity contribution in [1.82, 2.24) is 4.90 Å². The van der Waals surface area contributed by atoms with Crippen LogP contribution in [0, 0.1) is 5.82 Å². The van der Waals surface area contributed by atoms with Crippen LogP contribution < -0.4 is 4.90 Å². The summed E-state index contributed by atoms with van der Waals surface area (Å²) in [4.78, 5) is 16.0. The second-order valence-electron chi connectivity index (χ2n) is 5.94. The Kier molecular flexibility index (Phi) is 5.74. The molecular weight excluding hydrogens is 291 g/mol. The van der Waals surface area contributed by atoms with Crippen LogP contribution in [0.2, 0.25) is 0 Å². The molecule has 23 heavy (non-hydrogen) atoms. The smallest absolute Gasteiger partial charge is 0.222 e. The van der Waals surface area contributed by atoms with Crippen LogP contribution in [0.5, 0.6) is 0 Å². The molecule has 0 aliphatic heterocycles. The maximum atomic E-state index is 12.9. The predicted octanol–water partition coefficient (Wildman–Crippen LogP) is 3.48. The first-order valence-electron chi connectivity index (χ1n) is 7.70. The van der Waals surface area contributed by atoms with Crippen LogP contribution in [0.3, 0.4) is 0 Å². The lowest BCUT2D eigenvalue weighted by Gasteiger charge is -2.18. The van der Waals surface area contributed by atoms with Gasteiger partial charge in [0, 0.05) is 39.8 Å². The number of rotatable bonds is 6. The van der Waals surface area contributed by atoms with Crippen LogP contribution >= 0.6 is 0 Å². The van der Waals surface area contributed by atoms with E-state index in [-0.39, 0.29) is 11.7 Å². The largest absolute Gasteiger partial charge is 0.378 e. The topological polar surface area (TPSA) is 23.6 Å². The van der Waals surface area contributed by atoms with Crippen molar-refractivity contribution in [3.05, 3.63) is 65.5 Å². The third kappa shape index (κ3) is 5.09. The van der Waals surface area contributed by atoms with E-state index >= 15 is 0 Å². The molecule has 0 spiro atoms. The van der Waals surface area contributed by atoms with Gasteiger partial charge in [0.2, 0.25) is 5.91 Å². The Morgan fingerprint density at radius 3 is 2.04 bits per heavy atom. The SMILES string of the molecule is CN(Cc1ccc(N(C)C)cc1)C(=O)CCc1ccc(F)cc1. The molecule has 0 N–H and O–H groups in total. The average molecular weight is 314 g/mol. The van der Waals surface area contributed by atoms with Crippen LogP contribution in [0.15, 0.2) is 48.5 Å². The van der Waals surface area contributed by atoms with E-state index in [1.54, 1.807) is 17.0 Å². The van der Waals surface area contributed by atoms with Gasteiger partial charge in [0.15, 0.2) is 0 Å². The lowest BCUT2D eigenvalue weighted by Crippen LogP contribution is -2.26. The summed E-state index contributed by atoms with van der Waals surface area (Å²) in [5, 5.41) is 0. The van der Waals surface area contributed by atoms with Gasteiger partial charge in [0.1, 0.15) is 5.82 Å². The van der Waals surface area contributed by atoms with Crippen molar-refractivity contribution < 1.29 is 9.18 Å². The molecule has 0 aliphatic rings. The zero-order valence-electron chi connectivity index (χ0n) is 13.9. The summed E-state index contributed by atoms with van der Waals surface area (Å²) in [6.45, 7) is 0.593. The number of benzene rings is 2. The fourth-order valence-corrected chi connectivity index (χ4v) is 2.35. The normalized spacial score (nSPS) is 10.4. The highest BCUT2D eigenvalue weighted by molar-refractivity contribution is 5.76. The number of hydrogen-bond acceptors (Lipinski definition) is 2. The summed E-state index contributed by atoms with van der Waals surface area (Å²) in [6, 6.07) is 14.5. The molecule has 2 rings (SSSR count). The Hall–Kier alpha value is -2.36. The van der Waals surface area contributed by atoms with E-state index < -0.39 is 0 Å². The molecule has 0 saturated heterocycles. The van der Waals surface area contributed by atoms with Gasteiger partial charge in [0.05, 0.1) is 0 Å². The number of halogens is 1. The Labute approximate surface area is 137 Å². The average Bonchev–Trinajstić information content (AvgIpc) is 2.54. The van der Waals surface area contributed by atoms with E-state index in [2.05, 4.69) is 0 Å². The molecule has 0 heterocycles. The molecule has 0 aliphatic carbocycles. The standard InChI is InChI=1S/C19H23FN2O/c1-21(2)18-11-6-16(7-12-18)14-22(3)19(23)13-8-15-4-9-17(20)10-5-15/h4-7,9-12H,8,13-14H2,1-3H3. The fourth-order valence-electron chi connectivity index (χ4n) is 2.35. The minimum absolute atomic E-state index is 0.0889. The van der Waals surface area contributed by atoms with Gasteiger partial charge in [-0.05, 0) is 41.8 Å². The first-order valence-corrected chi connectivity index (χ1v) is 7.70. The molecule has 0 atom stereocenters.